The second-order valence-corrected chi connectivity index (χ2v) is 15.5. The number of hydrogen-bond acceptors (Lipinski definition) is 4. The zero-order chi connectivity index (χ0) is 34.3. The second kappa shape index (κ2) is 14.9. The summed E-state index contributed by atoms with van der Waals surface area (Å²) in [5.41, 5.74) is 0.773. The third-order valence-electron chi connectivity index (χ3n) is 8.98. The molecule has 0 radical (unpaired) electrons. The molecule has 8 rings (SSSR count). The van der Waals surface area contributed by atoms with Crippen LogP contribution in [0.1, 0.15) is 10.4 Å². The molecule has 0 aliphatic heterocycles. The van der Waals surface area contributed by atoms with Gasteiger partial charge in [0.15, 0.2) is 0 Å². The first-order valence-electron chi connectivity index (χ1n) is 16.5. The number of benzene rings is 8. The molecule has 0 heterocycles. The van der Waals surface area contributed by atoms with Crippen molar-refractivity contribution in [1.29, 1.82) is 0 Å². The van der Waals surface area contributed by atoms with Gasteiger partial charge in [-0.1, -0.05) is 133 Å². The van der Waals surface area contributed by atoms with Gasteiger partial charge in [-0.2, -0.15) is 0 Å². The summed E-state index contributed by atoms with van der Waals surface area (Å²) in [4.78, 5) is 13.4. The van der Waals surface area contributed by atoms with E-state index in [-0.39, 0.29) is 5.78 Å². The van der Waals surface area contributed by atoms with E-state index in [0.29, 0.717) is 11.9 Å². The molecule has 6 heteroatoms. The predicted octanol–water partition coefficient (Wildman–Crippen LogP) is 7.09. The van der Waals surface area contributed by atoms with Crippen molar-refractivity contribution in [2.45, 2.75) is 0 Å². The van der Waals surface area contributed by atoms with Crippen LogP contribution in [0.2, 0.25) is 0 Å². The number of Topliss-reactive ketones (excluding diaryl/α,β-unsaturated/α-hetero) is 1. The van der Waals surface area contributed by atoms with E-state index < -0.39 is 14.6 Å². The highest BCUT2D eigenvalue weighted by Crippen LogP contribution is 2.55. The Balaban J connectivity index is 0.000000161. The Kier molecular flexibility index (Phi) is 9.82. The molecular weight excluding hydrogens is 634 g/mol. The third-order valence-corrected chi connectivity index (χ3v) is 13.3. The van der Waals surface area contributed by atoms with E-state index >= 15 is 0 Å². The van der Waals surface area contributed by atoms with Crippen molar-refractivity contribution < 1.29 is 19.5 Å². The lowest BCUT2D eigenvalue weighted by molar-refractivity contribution is -0.372. The molecule has 0 aromatic heterocycles. The lowest BCUT2D eigenvalue weighted by Gasteiger charge is -2.27. The molecule has 0 amide bonds. The Labute approximate surface area is 292 Å². The molecule has 0 saturated carbocycles. The molecule has 0 fully saturated rings. The zero-order valence-corrected chi connectivity index (χ0v) is 28.2. The van der Waals surface area contributed by atoms with E-state index in [1.807, 2.05) is 84.9 Å². The molecular formula is C44H33BO4P-. The van der Waals surface area contributed by atoms with E-state index in [2.05, 4.69) is 91.0 Å². The molecule has 8 aromatic rings. The largest absolute Gasteiger partial charge is 0.860 e. The molecule has 0 spiro atoms. The van der Waals surface area contributed by atoms with Gasteiger partial charge in [0.25, 0.3) is 0 Å². The van der Waals surface area contributed by atoms with Gasteiger partial charge in [0.05, 0.1) is 0 Å². The zero-order valence-electron chi connectivity index (χ0n) is 27.3. The average Bonchev–Trinajstić information content (AvgIpc) is 3.17. The van der Waals surface area contributed by atoms with Crippen LogP contribution in [-0.2, 0) is 0 Å². The summed E-state index contributed by atoms with van der Waals surface area (Å²) in [6.45, 7) is 0. The van der Waals surface area contributed by atoms with Gasteiger partial charge in [-0.25, -0.2) is 0 Å². The summed E-state index contributed by atoms with van der Waals surface area (Å²) >= 11 is 0. The van der Waals surface area contributed by atoms with E-state index in [1.54, 1.807) is 12.1 Å². The molecule has 0 N–H and O–H groups in total. The Morgan fingerprint density at radius 2 is 0.960 bits per heavy atom. The average molecular weight is 668 g/mol. The lowest BCUT2D eigenvalue weighted by atomic mass is 9.97. The van der Waals surface area contributed by atoms with Crippen molar-refractivity contribution in [3.63, 3.8) is 0 Å². The van der Waals surface area contributed by atoms with Crippen molar-refractivity contribution in [2.75, 3.05) is 6.16 Å². The smallest absolute Gasteiger partial charge is 0.201 e. The summed E-state index contributed by atoms with van der Waals surface area (Å²) in [6.07, 6.45) is 0.481. The Hall–Kier alpha value is -5.58. The van der Waals surface area contributed by atoms with Gasteiger partial charge in [-0.15, -0.1) is 0 Å². The summed E-state index contributed by atoms with van der Waals surface area (Å²) in [5.74, 6) is 0.527. The van der Waals surface area contributed by atoms with Gasteiger partial charge in [0.1, 0.15) is 42.4 Å². The van der Waals surface area contributed by atoms with Crippen LogP contribution in [0.15, 0.2) is 188 Å². The number of carbonyl (C=O) groups excluding carboxylic acids is 1. The number of carbonyl (C=O) groups is 1. The Morgan fingerprint density at radius 3 is 1.50 bits per heavy atom. The maximum Gasteiger partial charge on any atom is 0.201 e. The first-order valence-corrected chi connectivity index (χ1v) is 18.5. The minimum absolute atomic E-state index is 0.186. The fourth-order valence-electron chi connectivity index (χ4n) is 6.67. The highest BCUT2D eigenvalue weighted by atomic mass is 31.2. The predicted molar refractivity (Wildman–Crippen MR) is 206 cm³/mol. The fraction of sp³-hybridized carbons (Fsp3) is 0.0227. The topological polar surface area (TPSA) is 72.4 Å². The van der Waals surface area contributed by atoms with Crippen LogP contribution in [0, 0.1) is 0 Å². The SMILES string of the molecule is O=C(C[P+](c1ccccc1)(c1ccccc1)c1ccccc1)c1ccccc1.[O-]B([O-])Oc1cccc2ccc3cc4ccccc4cc3c12. The molecule has 0 unspecified atom stereocenters. The van der Waals surface area contributed by atoms with Crippen LogP contribution in [0.25, 0.3) is 32.3 Å². The summed E-state index contributed by atoms with van der Waals surface area (Å²) < 4.78 is 4.94. The molecule has 0 saturated heterocycles. The molecule has 4 nitrogen and oxygen atoms in total. The highest BCUT2D eigenvalue weighted by Gasteiger charge is 2.47. The second-order valence-electron chi connectivity index (χ2n) is 12.0. The summed E-state index contributed by atoms with van der Waals surface area (Å²) in [5, 5.41) is 31.6. The van der Waals surface area contributed by atoms with Crippen LogP contribution < -0.4 is 30.6 Å². The normalized spacial score (nSPS) is 11.2. The minimum Gasteiger partial charge on any atom is -0.860 e. The first kappa shape index (κ1) is 32.9. The van der Waals surface area contributed by atoms with Gasteiger partial charge in [0.2, 0.25) is 5.78 Å². The number of hydrogen-bond donors (Lipinski definition) is 0. The number of fused-ring (bicyclic) bond motifs is 4. The third kappa shape index (κ3) is 6.81. The van der Waals surface area contributed by atoms with Gasteiger partial charge < -0.3 is 14.7 Å². The van der Waals surface area contributed by atoms with Gasteiger partial charge in [-0.05, 0) is 81.5 Å². The molecule has 0 aliphatic carbocycles. The fourth-order valence-corrected chi connectivity index (χ4v) is 10.8. The quantitative estimate of drug-likeness (QED) is 0.0571. The van der Waals surface area contributed by atoms with E-state index in [1.165, 1.54) is 15.9 Å². The van der Waals surface area contributed by atoms with Crippen LogP contribution in [0.3, 0.4) is 0 Å². The minimum atomic E-state index is -2.33. The Morgan fingerprint density at radius 1 is 0.500 bits per heavy atom. The van der Waals surface area contributed by atoms with Crippen LogP contribution in [-0.4, -0.2) is 19.3 Å². The van der Waals surface area contributed by atoms with E-state index in [9.17, 15) is 14.8 Å². The molecule has 0 aliphatic rings. The standard InChI is InChI=1S/C26H22OP.C18H11BO3/c27-26(22-13-5-1-6-14-22)21-28(23-15-7-2-8-16-23,24-17-9-3-10-18-24)25-19-11-4-12-20-25;20-19(21)22-17-7-3-6-12-8-9-15-10-13-4-1-2-5-14(13)11-16(15)18(12)17/h1-20H,21H2;1-11H/q+1;-2. The molecule has 0 atom stereocenters. The maximum atomic E-state index is 13.4. The summed E-state index contributed by atoms with van der Waals surface area (Å²) in [7, 11) is -4.46. The number of rotatable bonds is 8. The first-order chi connectivity index (χ1) is 24.5. The van der Waals surface area contributed by atoms with E-state index in [4.69, 9.17) is 4.65 Å². The van der Waals surface area contributed by atoms with Crippen LogP contribution in [0.5, 0.6) is 5.75 Å². The molecule has 242 valence electrons. The van der Waals surface area contributed by atoms with Gasteiger partial charge >= 0.3 is 0 Å². The van der Waals surface area contributed by atoms with Crippen molar-refractivity contribution in [1.82, 2.24) is 0 Å². The van der Waals surface area contributed by atoms with E-state index in [0.717, 1.165) is 37.9 Å². The number of ketones is 1. The highest BCUT2D eigenvalue weighted by molar-refractivity contribution is 7.96. The molecule has 50 heavy (non-hydrogen) atoms. The van der Waals surface area contributed by atoms with Crippen LogP contribution >= 0.6 is 7.26 Å². The maximum absolute atomic E-state index is 13.4. The lowest BCUT2D eigenvalue weighted by Crippen LogP contribution is -2.50. The van der Waals surface area contributed by atoms with Crippen molar-refractivity contribution in [2.24, 2.45) is 0 Å². The van der Waals surface area contributed by atoms with Crippen molar-refractivity contribution >= 4 is 68.6 Å². The monoisotopic (exact) mass is 667 g/mol. The molecule has 0 bridgehead atoms. The van der Waals surface area contributed by atoms with Crippen molar-refractivity contribution in [3.05, 3.63) is 194 Å². The van der Waals surface area contributed by atoms with Crippen molar-refractivity contribution in [3.8, 4) is 5.75 Å². The van der Waals surface area contributed by atoms with Gasteiger partial charge in [-0.3, -0.25) is 4.79 Å². The molecule has 8 aromatic carbocycles. The van der Waals surface area contributed by atoms with Gasteiger partial charge in [0, 0.05) is 10.9 Å². The van der Waals surface area contributed by atoms with Crippen LogP contribution in [0.4, 0.5) is 0 Å². The Bertz CT molecular complexity index is 2270. The summed E-state index contributed by atoms with van der Waals surface area (Å²) in [6, 6.07) is 62.9.